The van der Waals surface area contributed by atoms with Crippen LogP contribution in [0.25, 0.3) is 0 Å². The molecule has 0 atom stereocenters. The van der Waals surface area contributed by atoms with Gasteiger partial charge >= 0.3 is 0 Å². The Morgan fingerprint density at radius 2 is 2.00 bits per heavy atom. The Bertz CT molecular complexity index is 477. The average molecular weight is 241 g/mol. The number of rotatable bonds is 2. The molecule has 2 aromatic rings. The minimum absolute atomic E-state index is 0.604. The molecular weight excluding hydrogens is 231 g/mol. The predicted octanol–water partition coefficient (Wildman–Crippen LogP) is 3.55. The van der Waals surface area contributed by atoms with Gasteiger partial charge in [-0.2, -0.15) is 5.10 Å². The Hall–Kier alpha value is -0.990. The van der Waals surface area contributed by atoms with Crippen LogP contribution < -0.4 is 0 Å². The normalized spacial score (nSPS) is 10.6. The van der Waals surface area contributed by atoms with Crippen molar-refractivity contribution >= 4 is 23.2 Å². The van der Waals surface area contributed by atoms with Crippen LogP contribution in [0, 0.1) is 6.92 Å². The van der Waals surface area contributed by atoms with Crippen LogP contribution in [0.3, 0.4) is 0 Å². The second-order valence-corrected chi connectivity index (χ2v) is 4.15. The largest absolute Gasteiger partial charge is 0.249 e. The van der Waals surface area contributed by atoms with Crippen LogP contribution in [0.4, 0.5) is 0 Å². The summed E-state index contributed by atoms with van der Waals surface area (Å²) < 4.78 is 1.73. The van der Waals surface area contributed by atoms with Crippen molar-refractivity contribution < 1.29 is 0 Å². The summed E-state index contributed by atoms with van der Waals surface area (Å²) in [7, 11) is 0. The van der Waals surface area contributed by atoms with Gasteiger partial charge in [0.05, 0.1) is 12.2 Å². The van der Waals surface area contributed by atoms with Crippen LogP contribution in [0.2, 0.25) is 10.2 Å². The molecule has 0 saturated carbocycles. The summed E-state index contributed by atoms with van der Waals surface area (Å²) in [5.41, 5.74) is 1.93. The second-order valence-electron chi connectivity index (χ2n) is 3.36. The zero-order chi connectivity index (χ0) is 10.8. The summed E-state index contributed by atoms with van der Waals surface area (Å²) in [4.78, 5) is 0. The molecule has 0 spiro atoms. The number of aryl methyl sites for hydroxylation is 1. The molecule has 1 aromatic heterocycles. The Morgan fingerprint density at radius 3 is 2.60 bits per heavy atom. The standard InChI is InChI=1S/C11H10Cl2N2/c1-8-6-11(13)15(14-8)7-9-4-2-3-5-10(9)12/h2-6H,7H2,1H3. The monoisotopic (exact) mass is 240 g/mol. The molecule has 15 heavy (non-hydrogen) atoms. The van der Waals surface area contributed by atoms with E-state index in [4.69, 9.17) is 23.2 Å². The molecular formula is C11H10Cl2N2. The van der Waals surface area contributed by atoms with Crippen molar-refractivity contribution in [2.24, 2.45) is 0 Å². The zero-order valence-electron chi connectivity index (χ0n) is 8.24. The lowest BCUT2D eigenvalue weighted by Gasteiger charge is -2.05. The maximum atomic E-state index is 6.05. The number of benzene rings is 1. The van der Waals surface area contributed by atoms with Crippen molar-refractivity contribution in [2.75, 3.05) is 0 Å². The fourth-order valence-corrected chi connectivity index (χ4v) is 1.86. The number of hydrogen-bond donors (Lipinski definition) is 0. The van der Waals surface area contributed by atoms with Crippen molar-refractivity contribution in [2.45, 2.75) is 13.5 Å². The van der Waals surface area contributed by atoms with Crippen molar-refractivity contribution in [3.8, 4) is 0 Å². The Morgan fingerprint density at radius 1 is 1.27 bits per heavy atom. The molecule has 0 aliphatic carbocycles. The Kier molecular flexibility index (Phi) is 2.98. The molecule has 0 saturated heterocycles. The van der Waals surface area contributed by atoms with E-state index in [1.807, 2.05) is 37.3 Å². The highest BCUT2D eigenvalue weighted by atomic mass is 35.5. The lowest BCUT2D eigenvalue weighted by Crippen LogP contribution is -2.02. The van der Waals surface area contributed by atoms with Crippen LogP contribution in [0.5, 0.6) is 0 Å². The van der Waals surface area contributed by atoms with E-state index in [0.717, 1.165) is 16.3 Å². The first kappa shape index (κ1) is 10.5. The molecule has 0 aliphatic heterocycles. The van der Waals surface area contributed by atoms with E-state index in [-0.39, 0.29) is 0 Å². The summed E-state index contributed by atoms with van der Waals surface area (Å²) in [5, 5.41) is 5.64. The van der Waals surface area contributed by atoms with Gasteiger partial charge in [0.25, 0.3) is 0 Å². The lowest BCUT2D eigenvalue weighted by molar-refractivity contribution is 0.680. The second kappa shape index (κ2) is 4.25. The van der Waals surface area contributed by atoms with Crippen molar-refractivity contribution in [3.05, 3.63) is 51.8 Å². The summed E-state index contributed by atoms with van der Waals surface area (Å²) in [6.45, 7) is 2.52. The van der Waals surface area contributed by atoms with Gasteiger partial charge in [-0.1, -0.05) is 41.4 Å². The van der Waals surface area contributed by atoms with Gasteiger partial charge in [-0.05, 0) is 24.6 Å². The van der Waals surface area contributed by atoms with Crippen LogP contribution >= 0.6 is 23.2 Å². The maximum absolute atomic E-state index is 6.05. The van der Waals surface area contributed by atoms with E-state index in [1.54, 1.807) is 4.68 Å². The van der Waals surface area contributed by atoms with Gasteiger partial charge in [0.2, 0.25) is 0 Å². The lowest BCUT2D eigenvalue weighted by atomic mass is 10.2. The molecule has 1 aromatic carbocycles. The molecule has 0 bridgehead atoms. The van der Waals surface area contributed by atoms with E-state index in [0.29, 0.717) is 11.7 Å². The van der Waals surface area contributed by atoms with E-state index in [1.165, 1.54) is 0 Å². The van der Waals surface area contributed by atoms with Gasteiger partial charge in [-0.15, -0.1) is 0 Å². The molecule has 2 rings (SSSR count). The molecule has 0 amide bonds. The van der Waals surface area contributed by atoms with Gasteiger partial charge in [-0.25, -0.2) is 4.68 Å². The summed E-state index contributed by atoms with van der Waals surface area (Å²) in [6.07, 6.45) is 0. The van der Waals surface area contributed by atoms with E-state index in [9.17, 15) is 0 Å². The number of nitrogens with zero attached hydrogens (tertiary/aromatic N) is 2. The van der Waals surface area contributed by atoms with Crippen LogP contribution in [-0.2, 0) is 6.54 Å². The molecule has 0 aliphatic rings. The number of hydrogen-bond acceptors (Lipinski definition) is 1. The van der Waals surface area contributed by atoms with E-state index >= 15 is 0 Å². The third kappa shape index (κ3) is 2.33. The van der Waals surface area contributed by atoms with Crippen molar-refractivity contribution in [1.29, 1.82) is 0 Å². The Balaban J connectivity index is 2.29. The predicted molar refractivity (Wildman–Crippen MR) is 62.5 cm³/mol. The van der Waals surface area contributed by atoms with Crippen molar-refractivity contribution in [3.63, 3.8) is 0 Å². The smallest absolute Gasteiger partial charge is 0.127 e. The first-order valence-corrected chi connectivity index (χ1v) is 5.36. The van der Waals surface area contributed by atoms with E-state index < -0.39 is 0 Å². The minimum Gasteiger partial charge on any atom is -0.249 e. The first-order valence-electron chi connectivity index (χ1n) is 4.60. The number of halogens is 2. The van der Waals surface area contributed by atoms with Crippen LogP contribution in [0.15, 0.2) is 30.3 Å². The molecule has 78 valence electrons. The topological polar surface area (TPSA) is 17.8 Å². The minimum atomic E-state index is 0.604. The molecule has 1 heterocycles. The third-order valence-electron chi connectivity index (χ3n) is 2.13. The van der Waals surface area contributed by atoms with Gasteiger partial charge < -0.3 is 0 Å². The van der Waals surface area contributed by atoms with Gasteiger partial charge in [0, 0.05) is 5.02 Å². The fourth-order valence-electron chi connectivity index (χ4n) is 1.41. The molecule has 0 radical (unpaired) electrons. The zero-order valence-corrected chi connectivity index (χ0v) is 9.76. The van der Waals surface area contributed by atoms with Gasteiger partial charge in [-0.3, -0.25) is 0 Å². The average Bonchev–Trinajstić information content (AvgIpc) is 2.49. The van der Waals surface area contributed by atoms with Gasteiger partial charge in [0.1, 0.15) is 5.15 Å². The highest BCUT2D eigenvalue weighted by Crippen LogP contribution is 2.18. The van der Waals surface area contributed by atoms with Crippen LogP contribution in [-0.4, -0.2) is 9.78 Å². The highest BCUT2D eigenvalue weighted by molar-refractivity contribution is 6.31. The first-order chi connectivity index (χ1) is 7.16. The quantitative estimate of drug-likeness (QED) is 0.786. The molecule has 0 unspecified atom stereocenters. The van der Waals surface area contributed by atoms with Gasteiger partial charge in [0.15, 0.2) is 0 Å². The Labute approximate surface area is 98.4 Å². The van der Waals surface area contributed by atoms with E-state index in [2.05, 4.69) is 5.10 Å². The highest BCUT2D eigenvalue weighted by Gasteiger charge is 2.05. The number of aromatic nitrogens is 2. The molecule has 4 heteroatoms. The van der Waals surface area contributed by atoms with Crippen LogP contribution in [0.1, 0.15) is 11.3 Å². The SMILES string of the molecule is Cc1cc(Cl)n(Cc2ccccc2Cl)n1. The fraction of sp³-hybridized carbons (Fsp3) is 0.182. The summed E-state index contributed by atoms with van der Waals surface area (Å²) in [6, 6.07) is 9.52. The molecule has 0 N–H and O–H groups in total. The molecule has 2 nitrogen and oxygen atoms in total. The van der Waals surface area contributed by atoms with Crippen molar-refractivity contribution in [1.82, 2.24) is 9.78 Å². The maximum Gasteiger partial charge on any atom is 0.127 e. The summed E-state index contributed by atoms with van der Waals surface area (Å²) >= 11 is 12.1. The molecule has 0 fully saturated rings. The third-order valence-corrected chi connectivity index (χ3v) is 2.80. The summed E-state index contributed by atoms with van der Waals surface area (Å²) in [5.74, 6) is 0.